The summed E-state index contributed by atoms with van der Waals surface area (Å²) in [6.07, 6.45) is 0. The Hall–Kier alpha value is -1.55. The average molecular weight is 235 g/mol. The molecule has 4 heteroatoms. The monoisotopic (exact) mass is 235 g/mol. The maximum Gasteiger partial charge on any atom is 0.156 e. The maximum atomic E-state index is 8.52. The lowest BCUT2D eigenvalue weighted by Gasteiger charge is -2.12. The molecule has 1 unspecified atom stereocenters. The number of nitrogens with two attached hydrogens (primary N) is 1. The molecular weight excluding hydrogens is 214 g/mol. The van der Waals surface area contributed by atoms with Crippen LogP contribution in [0.5, 0.6) is 0 Å². The van der Waals surface area contributed by atoms with Crippen molar-refractivity contribution < 1.29 is 5.21 Å². The van der Waals surface area contributed by atoms with Crippen molar-refractivity contribution >= 4 is 5.84 Å². The highest BCUT2D eigenvalue weighted by atomic mass is 16.4. The second-order valence-electron chi connectivity index (χ2n) is 4.52. The summed E-state index contributed by atoms with van der Waals surface area (Å²) in [6.45, 7) is 6.91. The lowest BCUT2D eigenvalue weighted by atomic mass is 10.0. The van der Waals surface area contributed by atoms with Gasteiger partial charge in [-0.05, 0) is 24.0 Å². The largest absolute Gasteiger partial charge is 0.409 e. The molecule has 17 heavy (non-hydrogen) atoms. The molecule has 0 amide bonds. The predicted octanol–water partition coefficient (Wildman–Crippen LogP) is 2.03. The minimum atomic E-state index is -0.134. The fourth-order valence-electron chi connectivity index (χ4n) is 1.48. The lowest BCUT2D eigenvalue weighted by Crippen LogP contribution is -2.38. The first-order valence-electron chi connectivity index (χ1n) is 5.84. The number of oxime groups is 1. The Morgan fingerprint density at radius 2 is 1.88 bits per heavy atom. The summed E-state index contributed by atoms with van der Waals surface area (Å²) in [5, 5.41) is 14.7. The first kappa shape index (κ1) is 13.5. The maximum absolute atomic E-state index is 8.52. The smallest absolute Gasteiger partial charge is 0.156 e. The van der Waals surface area contributed by atoms with E-state index < -0.39 is 0 Å². The van der Waals surface area contributed by atoms with E-state index in [0.29, 0.717) is 12.5 Å². The molecule has 0 radical (unpaired) electrons. The van der Waals surface area contributed by atoms with Crippen LogP contribution in [0.2, 0.25) is 0 Å². The van der Waals surface area contributed by atoms with E-state index in [1.807, 2.05) is 6.92 Å². The summed E-state index contributed by atoms with van der Waals surface area (Å²) < 4.78 is 0. The standard InChI is InChI=1S/C13H21N3O/c1-9(2)12-6-4-11(5-7-12)8-15-10(3)13(14)16-17/h4-7,9-10,15,17H,8H2,1-3H3,(H2,14,16). The van der Waals surface area contributed by atoms with Gasteiger partial charge in [0.05, 0.1) is 6.04 Å². The number of rotatable bonds is 5. The van der Waals surface area contributed by atoms with Gasteiger partial charge in [-0.2, -0.15) is 0 Å². The molecule has 94 valence electrons. The van der Waals surface area contributed by atoms with Crippen molar-refractivity contribution in [2.24, 2.45) is 10.9 Å². The molecular formula is C13H21N3O. The van der Waals surface area contributed by atoms with Crippen molar-refractivity contribution in [1.82, 2.24) is 5.32 Å². The van der Waals surface area contributed by atoms with Gasteiger partial charge in [0.25, 0.3) is 0 Å². The Kier molecular flexibility index (Phi) is 4.97. The Labute approximate surface area is 103 Å². The second-order valence-corrected chi connectivity index (χ2v) is 4.52. The summed E-state index contributed by atoms with van der Waals surface area (Å²) in [5.41, 5.74) is 8.00. The summed E-state index contributed by atoms with van der Waals surface area (Å²) >= 11 is 0. The van der Waals surface area contributed by atoms with E-state index >= 15 is 0 Å². The van der Waals surface area contributed by atoms with E-state index in [0.717, 1.165) is 0 Å². The highest BCUT2D eigenvalue weighted by molar-refractivity contribution is 5.84. The van der Waals surface area contributed by atoms with Crippen molar-refractivity contribution in [2.75, 3.05) is 0 Å². The molecule has 0 heterocycles. The second kappa shape index (κ2) is 6.25. The summed E-state index contributed by atoms with van der Waals surface area (Å²) in [4.78, 5) is 0. The van der Waals surface area contributed by atoms with E-state index in [1.54, 1.807) is 0 Å². The number of nitrogens with one attached hydrogen (secondary N) is 1. The molecule has 1 atom stereocenters. The normalized spacial score (nSPS) is 14.0. The van der Waals surface area contributed by atoms with Gasteiger partial charge in [-0.3, -0.25) is 0 Å². The Balaban J connectivity index is 2.53. The van der Waals surface area contributed by atoms with Crippen molar-refractivity contribution in [3.05, 3.63) is 35.4 Å². The molecule has 0 aliphatic heterocycles. The minimum Gasteiger partial charge on any atom is -0.409 e. The molecule has 0 fully saturated rings. The molecule has 4 nitrogen and oxygen atoms in total. The quantitative estimate of drug-likeness (QED) is 0.316. The SMILES string of the molecule is CC(NCc1ccc(C(C)C)cc1)C(N)=NO. The Morgan fingerprint density at radius 1 is 1.29 bits per heavy atom. The van der Waals surface area contributed by atoms with E-state index in [2.05, 4.69) is 48.6 Å². The van der Waals surface area contributed by atoms with Gasteiger partial charge in [-0.15, -0.1) is 0 Å². The molecule has 0 aromatic heterocycles. The lowest BCUT2D eigenvalue weighted by molar-refractivity contribution is 0.315. The third kappa shape index (κ3) is 4.07. The third-order valence-corrected chi connectivity index (χ3v) is 2.82. The van der Waals surface area contributed by atoms with Crippen molar-refractivity contribution in [2.45, 2.75) is 39.3 Å². The van der Waals surface area contributed by atoms with Gasteiger partial charge in [0.2, 0.25) is 0 Å². The fraction of sp³-hybridized carbons (Fsp3) is 0.462. The van der Waals surface area contributed by atoms with Crippen LogP contribution >= 0.6 is 0 Å². The third-order valence-electron chi connectivity index (χ3n) is 2.82. The van der Waals surface area contributed by atoms with Gasteiger partial charge in [0.1, 0.15) is 0 Å². The molecule has 4 N–H and O–H groups in total. The molecule has 0 bridgehead atoms. The van der Waals surface area contributed by atoms with Gasteiger partial charge >= 0.3 is 0 Å². The molecule has 0 saturated heterocycles. The van der Waals surface area contributed by atoms with Gasteiger partial charge in [0.15, 0.2) is 5.84 Å². The first-order valence-corrected chi connectivity index (χ1v) is 5.84. The first-order chi connectivity index (χ1) is 8.04. The van der Waals surface area contributed by atoms with E-state index in [9.17, 15) is 0 Å². The van der Waals surface area contributed by atoms with Crippen LogP contribution in [0.4, 0.5) is 0 Å². The Morgan fingerprint density at radius 3 is 2.35 bits per heavy atom. The predicted molar refractivity (Wildman–Crippen MR) is 70.2 cm³/mol. The number of hydrogen-bond donors (Lipinski definition) is 3. The van der Waals surface area contributed by atoms with Crippen molar-refractivity contribution in [3.8, 4) is 0 Å². The van der Waals surface area contributed by atoms with Gasteiger partial charge in [-0.25, -0.2) is 0 Å². The van der Waals surface area contributed by atoms with E-state index in [4.69, 9.17) is 10.9 Å². The highest BCUT2D eigenvalue weighted by Crippen LogP contribution is 2.14. The average Bonchev–Trinajstić information content (AvgIpc) is 2.35. The zero-order chi connectivity index (χ0) is 12.8. The molecule has 0 spiro atoms. The highest BCUT2D eigenvalue weighted by Gasteiger charge is 2.06. The summed E-state index contributed by atoms with van der Waals surface area (Å²) in [6, 6.07) is 8.33. The summed E-state index contributed by atoms with van der Waals surface area (Å²) in [7, 11) is 0. The molecule has 1 aromatic carbocycles. The fourth-order valence-corrected chi connectivity index (χ4v) is 1.48. The molecule has 0 aliphatic rings. The Bertz CT molecular complexity index is 371. The molecule has 1 rings (SSSR count). The van der Waals surface area contributed by atoms with Gasteiger partial charge in [-0.1, -0.05) is 43.3 Å². The topological polar surface area (TPSA) is 70.6 Å². The number of nitrogens with zero attached hydrogens (tertiary/aromatic N) is 1. The number of amidine groups is 1. The van der Waals surface area contributed by atoms with Gasteiger partial charge in [0, 0.05) is 6.54 Å². The zero-order valence-electron chi connectivity index (χ0n) is 10.6. The molecule has 0 aliphatic carbocycles. The minimum absolute atomic E-state index is 0.134. The number of benzene rings is 1. The van der Waals surface area contributed by atoms with Crippen LogP contribution in [0.1, 0.15) is 37.8 Å². The van der Waals surface area contributed by atoms with Crippen LogP contribution in [0, 0.1) is 0 Å². The van der Waals surface area contributed by atoms with Crippen LogP contribution in [-0.4, -0.2) is 17.1 Å². The number of hydrogen-bond acceptors (Lipinski definition) is 3. The van der Waals surface area contributed by atoms with Crippen LogP contribution in [-0.2, 0) is 6.54 Å². The zero-order valence-corrected chi connectivity index (χ0v) is 10.6. The summed E-state index contributed by atoms with van der Waals surface area (Å²) in [5.74, 6) is 0.747. The van der Waals surface area contributed by atoms with E-state index in [1.165, 1.54) is 11.1 Å². The van der Waals surface area contributed by atoms with Crippen LogP contribution < -0.4 is 11.1 Å². The van der Waals surface area contributed by atoms with Gasteiger partial charge < -0.3 is 16.3 Å². The van der Waals surface area contributed by atoms with Crippen molar-refractivity contribution in [3.63, 3.8) is 0 Å². The van der Waals surface area contributed by atoms with Crippen LogP contribution in [0.3, 0.4) is 0 Å². The van der Waals surface area contributed by atoms with Crippen LogP contribution in [0.15, 0.2) is 29.4 Å². The van der Waals surface area contributed by atoms with E-state index in [-0.39, 0.29) is 11.9 Å². The molecule has 1 aromatic rings. The molecule has 0 saturated carbocycles. The van der Waals surface area contributed by atoms with Crippen molar-refractivity contribution in [1.29, 1.82) is 0 Å². The van der Waals surface area contributed by atoms with Crippen LogP contribution in [0.25, 0.3) is 0 Å².